The Morgan fingerprint density at radius 2 is 1.94 bits per heavy atom. The fraction of sp³-hybridized carbons (Fsp3) is 0.0833. The number of rotatable bonds is 2. The minimum Gasteiger partial charge on any atom is -0.384 e. The number of halogens is 1. The van der Waals surface area contributed by atoms with Crippen LogP contribution in [0.2, 0.25) is 0 Å². The molecular weight excluding hydrogens is 266 g/mol. The van der Waals surface area contributed by atoms with Gasteiger partial charge >= 0.3 is 0 Å². The third-order valence-corrected chi connectivity index (χ3v) is 3.10. The lowest BCUT2D eigenvalue weighted by Crippen LogP contribution is -1.94. The Hall–Kier alpha value is -1.55. The molecule has 0 atom stereocenters. The molecule has 3 nitrogen and oxygen atoms in total. The molecule has 0 amide bonds. The first-order valence-corrected chi connectivity index (χ1v) is 5.69. The van der Waals surface area contributed by atoms with Crippen molar-refractivity contribution in [1.82, 2.24) is 4.98 Å². The number of nitrogens with zero attached hydrogens (tertiary/aromatic N) is 1. The van der Waals surface area contributed by atoms with Crippen molar-refractivity contribution in [3.8, 4) is 0 Å². The first kappa shape index (κ1) is 11.0. The quantitative estimate of drug-likeness (QED) is 0.884. The van der Waals surface area contributed by atoms with Crippen LogP contribution in [0.1, 0.15) is 5.56 Å². The van der Waals surface area contributed by atoms with E-state index in [1.807, 2.05) is 18.2 Å². The number of anilines is 3. The van der Waals surface area contributed by atoms with Gasteiger partial charge < -0.3 is 11.1 Å². The summed E-state index contributed by atoms with van der Waals surface area (Å²) in [6.07, 6.45) is 1.68. The molecule has 4 heteroatoms. The van der Waals surface area contributed by atoms with Crippen LogP contribution in [0.5, 0.6) is 0 Å². The van der Waals surface area contributed by atoms with Crippen LogP contribution in [0.4, 0.5) is 17.2 Å². The average molecular weight is 278 g/mol. The molecule has 1 heterocycles. The molecule has 0 unspecified atom stereocenters. The van der Waals surface area contributed by atoms with E-state index in [1.54, 1.807) is 12.3 Å². The number of hydrogen-bond donors (Lipinski definition) is 2. The number of nitrogens with one attached hydrogen (secondary N) is 1. The van der Waals surface area contributed by atoms with Crippen LogP contribution in [-0.2, 0) is 0 Å². The first-order valence-electron chi connectivity index (χ1n) is 4.90. The normalized spacial score (nSPS) is 10.1. The summed E-state index contributed by atoms with van der Waals surface area (Å²) in [5.74, 6) is 0.510. The largest absolute Gasteiger partial charge is 0.384 e. The fourth-order valence-corrected chi connectivity index (χ4v) is 1.74. The Bertz CT molecular complexity index is 511. The molecule has 0 saturated carbocycles. The number of aromatic nitrogens is 1. The molecule has 82 valence electrons. The van der Waals surface area contributed by atoms with Gasteiger partial charge in [0.15, 0.2) is 0 Å². The zero-order chi connectivity index (χ0) is 11.5. The lowest BCUT2D eigenvalue weighted by Gasteiger charge is -2.08. The maximum Gasteiger partial charge on any atom is 0.125 e. The van der Waals surface area contributed by atoms with E-state index in [9.17, 15) is 0 Å². The molecule has 2 aromatic rings. The molecule has 3 N–H and O–H groups in total. The summed E-state index contributed by atoms with van der Waals surface area (Å²) in [5, 5.41) is 3.26. The minimum atomic E-state index is 0.510. The second-order valence-electron chi connectivity index (χ2n) is 3.56. The van der Waals surface area contributed by atoms with E-state index >= 15 is 0 Å². The third kappa shape index (κ3) is 2.52. The Balaban J connectivity index is 2.24. The highest BCUT2D eigenvalue weighted by atomic mass is 79.9. The maximum atomic E-state index is 5.61. The van der Waals surface area contributed by atoms with Crippen LogP contribution in [-0.4, -0.2) is 4.98 Å². The van der Waals surface area contributed by atoms with Crippen LogP contribution in [0.3, 0.4) is 0 Å². The van der Waals surface area contributed by atoms with Crippen molar-refractivity contribution in [2.45, 2.75) is 6.92 Å². The third-order valence-electron chi connectivity index (χ3n) is 2.24. The zero-order valence-corrected chi connectivity index (χ0v) is 10.5. The summed E-state index contributed by atoms with van der Waals surface area (Å²) in [6, 6.07) is 9.79. The lowest BCUT2D eigenvalue weighted by molar-refractivity contribution is 1.33. The Labute approximate surface area is 103 Å². The van der Waals surface area contributed by atoms with E-state index in [2.05, 4.69) is 39.2 Å². The second kappa shape index (κ2) is 4.53. The van der Waals surface area contributed by atoms with E-state index in [1.165, 1.54) is 5.56 Å². The van der Waals surface area contributed by atoms with Crippen molar-refractivity contribution in [1.29, 1.82) is 0 Å². The topological polar surface area (TPSA) is 50.9 Å². The van der Waals surface area contributed by atoms with Gasteiger partial charge in [-0.1, -0.05) is 22.0 Å². The zero-order valence-electron chi connectivity index (χ0n) is 8.87. The molecule has 0 aliphatic carbocycles. The van der Waals surface area contributed by atoms with E-state index in [-0.39, 0.29) is 0 Å². The van der Waals surface area contributed by atoms with Gasteiger partial charge in [0.1, 0.15) is 5.82 Å². The van der Waals surface area contributed by atoms with Crippen molar-refractivity contribution in [2.24, 2.45) is 0 Å². The van der Waals surface area contributed by atoms with Crippen molar-refractivity contribution in [3.05, 3.63) is 46.6 Å². The van der Waals surface area contributed by atoms with Gasteiger partial charge in [-0.3, -0.25) is 0 Å². The molecule has 0 radical (unpaired) electrons. The summed E-state index contributed by atoms with van der Waals surface area (Å²) < 4.78 is 1.08. The van der Waals surface area contributed by atoms with E-state index in [4.69, 9.17) is 5.73 Å². The van der Waals surface area contributed by atoms with Gasteiger partial charge in [0.2, 0.25) is 0 Å². The fourth-order valence-electron chi connectivity index (χ4n) is 1.36. The second-order valence-corrected chi connectivity index (χ2v) is 4.41. The summed E-state index contributed by atoms with van der Waals surface area (Å²) in [5.41, 5.74) is 8.76. The molecule has 0 saturated heterocycles. The average Bonchev–Trinajstić information content (AvgIpc) is 2.24. The van der Waals surface area contributed by atoms with Crippen LogP contribution < -0.4 is 11.1 Å². The number of nitrogen functional groups attached to an aromatic ring is 1. The van der Waals surface area contributed by atoms with Crippen LogP contribution in [0.15, 0.2) is 41.0 Å². The highest BCUT2D eigenvalue weighted by molar-refractivity contribution is 9.10. The van der Waals surface area contributed by atoms with Gasteiger partial charge in [-0.2, -0.15) is 0 Å². The summed E-state index contributed by atoms with van der Waals surface area (Å²) in [7, 11) is 0. The predicted octanol–water partition coefficient (Wildman–Crippen LogP) is 3.48. The number of benzene rings is 1. The monoisotopic (exact) mass is 277 g/mol. The predicted molar refractivity (Wildman–Crippen MR) is 70.8 cm³/mol. The van der Waals surface area contributed by atoms with Crippen LogP contribution in [0, 0.1) is 6.92 Å². The summed E-state index contributed by atoms with van der Waals surface area (Å²) in [4.78, 5) is 3.94. The van der Waals surface area contributed by atoms with Gasteiger partial charge in [-0.25, -0.2) is 4.98 Å². The van der Waals surface area contributed by atoms with Gasteiger partial charge in [-0.05, 0) is 30.7 Å². The molecule has 0 bridgehead atoms. The Kier molecular flexibility index (Phi) is 3.10. The molecule has 0 spiro atoms. The van der Waals surface area contributed by atoms with Gasteiger partial charge in [0.05, 0.1) is 0 Å². The highest BCUT2D eigenvalue weighted by Crippen LogP contribution is 2.23. The summed E-state index contributed by atoms with van der Waals surface area (Å²) in [6.45, 7) is 2.05. The van der Waals surface area contributed by atoms with Crippen molar-refractivity contribution < 1.29 is 0 Å². The molecule has 0 aliphatic rings. The number of hydrogen-bond acceptors (Lipinski definition) is 3. The van der Waals surface area contributed by atoms with Gasteiger partial charge in [0.25, 0.3) is 0 Å². The van der Waals surface area contributed by atoms with E-state index in [0.717, 1.165) is 15.8 Å². The number of nitrogens with two attached hydrogens (primary N) is 1. The molecule has 16 heavy (non-hydrogen) atoms. The van der Waals surface area contributed by atoms with Gasteiger partial charge in [-0.15, -0.1) is 0 Å². The number of pyridine rings is 1. The van der Waals surface area contributed by atoms with Crippen molar-refractivity contribution in [2.75, 3.05) is 11.1 Å². The lowest BCUT2D eigenvalue weighted by atomic mass is 10.2. The molecule has 1 aromatic carbocycles. The minimum absolute atomic E-state index is 0.510. The molecule has 2 rings (SSSR count). The Morgan fingerprint density at radius 3 is 2.62 bits per heavy atom. The smallest absolute Gasteiger partial charge is 0.125 e. The first-order chi connectivity index (χ1) is 7.65. The molecular formula is C12H12BrN3. The highest BCUT2D eigenvalue weighted by Gasteiger charge is 1.98. The van der Waals surface area contributed by atoms with Crippen LogP contribution in [0.25, 0.3) is 0 Å². The standard InChI is InChI=1S/C12H12BrN3/c1-8-2-3-9(6-11(8)13)16-10-4-5-15-12(14)7-10/h2-7H,1H3,(H3,14,15,16). The maximum absolute atomic E-state index is 5.61. The molecule has 1 aromatic heterocycles. The van der Waals surface area contributed by atoms with Gasteiger partial charge in [0, 0.05) is 28.1 Å². The van der Waals surface area contributed by atoms with E-state index in [0.29, 0.717) is 5.82 Å². The SMILES string of the molecule is Cc1ccc(Nc2ccnc(N)c2)cc1Br. The van der Waals surface area contributed by atoms with Crippen molar-refractivity contribution in [3.63, 3.8) is 0 Å². The van der Waals surface area contributed by atoms with Crippen molar-refractivity contribution >= 4 is 33.1 Å². The summed E-state index contributed by atoms with van der Waals surface area (Å²) >= 11 is 3.50. The molecule has 0 fully saturated rings. The Morgan fingerprint density at radius 1 is 1.19 bits per heavy atom. The number of aryl methyl sites for hydroxylation is 1. The van der Waals surface area contributed by atoms with E-state index < -0.39 is 0 Å². The molecule has 0 aliphatic heterocycles. The van der Waals surface area contributed by atoms with Crippen LogP contribution >= 0.6 is 15.9 Å².